The summed E-state index contributed by atoms with van der Waals surface area (Å²) in [6.45, 7) is 6.05. The topological polar surface area (TPSA) is 84.4 Å². The van der Waals surface area contributed by atoms with Crippen molar-refractivity contribution in [3.05, 3.63) is 65.0 Å². The molecule has 7 heteroatoms. The molecule has 1 saturated heterocycles. The Balaban J connectivity index is 1.53. The number of hydrogen-bond acceptors (Lipinski definition) is 5. The van der Waals surface area contributed by atoms with Gasteiger partial charge >= 0.3 is 0 Å². The highest BCUT2D eigenvalue weighted by molar-refractivity contribution is 6.06. The zero-order chi connectivity index (χ0) is 20.4. The fourth-order valence-corrected chi connectivity index (χ4v) is 3.25. The SMILES string of the molecule is Cc1nc2ccc(C(=O)Nc3cccc(C(=O)N4CCOCC4)c3)cc2nc1C. The van der Waals surface area contributed by atoms with Crippen molar-refractivity contribution in [3.8, 4) is 0 Å². The van der Waals surface area contributed by atoms with Crippen molar-refractivity contribution in [1.29, 1.82) is 0 Å². The molecule has 1 aromatic heterocycles. The second kappa shape index (κ2) is 7.97. The third-order valence-electron chi connectivity index (χ3n) is 5.00. The van der Waals surface area contributed by atoms with Gasteiger partial charge in [-0.2, -0.15) is 0 Å². The summed E-state index contributed by atoms with van der Waals surface area (Å²) in [7, 11) is 0. The zero-order valence-corrected chi connectivity index (χ0v) is 16.4. The molecule has 0 atom stereocenters. The van der Waals surface area contributed by atoms with Crippen molar-refractivity contribution < 1.29 is 14.3 Å². The van der Waals surface area contributed by atoms with Gasteiger partial charge in [-0.15, -0.1) is 0 Å². The van der Waals surface area contributed by atoms with Crippen LogP contribution in [0, 0.1) is 13.8 Å². The highest BCUT2D eigenvalue weighted by atomic mass is 16.5. The van der Waals surface area contributed by atoms with Crippen LogP contribution in [0.1, 0.15) is 32.1 Å². The Morgan fingerprint density at radius 2 is 1.66 bits per heavy atom. The van der Waals surface area contributed by atoms with Gasteiger partial charge in [0.05, 0.1) is 35.6 Å². The van der Waals surface area contributed by atoms with Gasteiger partial charge in [-0.05, 0) is 50.2 Å². The molecule has 148 valence electrons. The molecule has 29 heavy (non-hydrogen) atoms. The molecule has 1 aliphatic heterocycles. The number of benzene rings is 2. The highest BCUT2D eigenvalue weighted by Gasteiger charge is 2.19. The lowest BCUT2D eigenvalue weighted by atomic mass is 10.1. The molecule has 1 N–H and O–H groups in total. The van der Waals surface area contributed by atoms with Gasteiger partial charge in [0.25, 0.3) is 11.8 Å². The number of anilines is 1. The fraction of sp³-hybridized carbons (Fsp3) is 0.273. The quantitative estimate of drug-likeness (QED) is 0.743. The molecule has 1 fully saturated rings. The monoisotopic (exact) mass is 390 g/mol. The summed E-state index contributed by atoms with van der Waals surface area (Å²) in [5.74, 6) is -0.320. The van der Waals surface area contributed by atoms with Crippen molar-refractivity contribution in [2.75, 3.05) is 31.6 Å². The van der Waals surface area contributed by atoms with E-state index < -0.39 is 0 Å². The lowest BCUT2D eigenvalue weighted by molar-refractivity contribution is 0.0303. The molecule has 0 radical (unpaired) electrons. The third-order valence-corrected chi connectivity index (χ3v) is 5.00. The first-order valence-electron chi connectivity index (χ1n) is 9.55. The van der Waals surface area contributed by atoms with Gasteiger partial charge in [-0.25, -0.2) is 9.97 Å². The molecular weight excluding hydrogens is 368 g/mol. The van der Waals surface area contributed by atoms with Crippen LogP contribution in [-0.2, 0) is 4.74 Å². The molecular formula is C22H22N4O3. The maximum atomic E-state index is 12.7. The van der Waals surface area contributed by atoms with Gasteiger partial charge in [0.2, 0.25) is 0 Å². The number of nitrogens with one attached hydrogen (secondary N) is 1. The second-order valence-corrected chi connectivity index (χ2v) is 7.04. The van der Waals surface area contributed by atoms with Gasteiger partial charge in [0.15, 0.2) is 0 Å². The van der Waals surface area contributed by atoms with E-state index in [2.05, 4.69) is 15.3 Å². The number of fused-ring (bicyclic) bond motifs is 1. The van der Waals surface area contributed by atoms with Gasteiger partial charge < -0.3 is 15.0 Å². The number of aryl methyl sites for hydroxylation is 2. The van der Waals surface area contributed by atoms with E-state index in [4.69, 9.17) is 4.74 Å². The first-order valence-corrected chi connectivity index (χ1v) is 9.55. The maximum Gasteiger partial charge on any atom is 0.255 e. The van der Waals surface area contributed by atoms with E-state index in [1.54, 1.807) is 47.4 Å². The Hall–Kier alpha value is -3.32. The molecule has 4 rings (SSSR count). The molecule has 2 amide bonds. The minimum Gasteiger partial charge on any atom is -0.378 e. The molecule has 7 nitrogen and oxygen atoms in total. The number of carbonyl (C=O) groups is 2. The summed E-state index contributed by atoms with van der Waals surface area (Å²) in [6, 6.07) is 12.2. The Morgan fingerprint density at radius 3 is 2.41 bits per heavy atom. The van der Waals surface area contributed by atoms with E-state index in [9.17, 15) is 9.59 Å². The van der Waals surface area contributed by atoms with Crippen molar-refractivity contribution in [2.24, 2.45) is 0 Å². The Kier molecular flexibility index (Phi) is 5.22. The molecule has 0 unspecified atom stereocenters. The van der Waals surface area contributed by atoms with Crippen LogP contribution in [0.3, 0.4) is 0 Å². The van der Waals surface area contributed by atoms with Crippen LogP contribution in [-0.4, -0.2) is 53.0 Å². The number of amides is 2. The fourth-order valence-electron chi connectivity index (χ4n) is 3.25. The third kappa shape index (κ3) is 4.09. The average molecular weight is 390 g/mol. The van der Waals surface area contributed by atoms with Gasteiger partial charge in [0.1, 0.15) is 0 Å². The van der Waals surface area contributed by atoms with Crippen LogP contribution in [0.5, 0.6) is 0 Å². The van der Waals surface area contributed by atoms with E-state index in [1.807, 2.05) is 13.8 Å². The van der Waals surface area contributed by atoms with Crippen LogP contribution < -0.4 is 5.32 Å². The first-order chi connectivity index (χ1) is 14.0. The van der Waals surface area contributed by atoms with E-state index in [0.717, 1.165) is 16.9 Å². The molecule has 0 bridgehead atoms. The summed E-state index contributed by atoms with van der Waals surface area (Å²) in [5, 5.41) is 2.86. The molecule has 0 spiro atoms. The zero-order valence-electron chi connectivity index (χ0n) is 16.4. The number of hydrogen-bond donors (Lipinski definition) is 1. The molecule has 3 aromatic rings. The smallest absolute Gasteiger partial charge is 0.255 e. The van der Waals surface area contributed by atoms with Crippen LogP contribution in [0.4, 0.5) is 5.69 Å². The van der Waals surface area contributed by atoms with Gasteiger partial charge in [-0.3, -0.25) is 9.59 Å². The number of nitrogens with zero attached hydrogens (tertiary/aromatic N) is 3. The Labute approximate surface area is 168 Å². The first kappa shape index (κ1) is 19.0. The molecule has 0 saturated carbocycles. The van der Waals surface area contributed by atoms with Gasteiger partial charge in [-0.1, -0.05) is 6.07 Å². The largest absolute Gasteiger partial charge is 0.378 e. The van der Waals surface area contributed by atoms with Crippen LogP contribution in [0.2, 0.25) is 0 Å². The Bertz CT molecular complexity index is 1090. The standard InChI is InChI=1S/C22H22N4O3/c1-14-15(2)24-20-13-16(6-7-19(20)23-14)21(27)25-18-5-3-4-17(12-18)22(28)26-8-10-29-11-9-26/h3-7,12-13H,8-11H2,1-2H3,(H,25,27). The molecule has 1 aliphatic rings. The Morgan fingerprint density at radius 1 is 0.931 bits per heavy atom. The van der Waals surface area contributed by atoms with Crippen molar-refractivity contribution >= 4 is 28.5 Å². The van der Waals surface area contributed by atoms with E-state index >= 15 is 0 Å². The normalized spacial score (nSPS) is 14.1. The van der Waals surface area contributed by atoms with Crippen molar-refractivity contribution in [3.63, 3.8) is 0 Å². The number of rotatable bonds is 3. The van der Waals surface area contributed by atoms with Gasteiger partial charge in [0, 0.05) is 29.9 Å². The molecule has 0 aliphatic carbocycles. The summed E-state index contributed by atoms with van der Waals surface area (Å²) < 4.78 is 5.30. The predicted molar refractivity (Wildman–Crippen MR) is 110 cm³/mol. The highest BCUT2D eigenvalue weighted by Crippen LogP contribution is 2.18. The summed E-state index contributed by atoms with van der Waals surface area (Å²) in [4.78, 5) is 36.1. The van der Waals surface area contributed by atoms with Crippen molar-refractivity contribution in [2.45, 2.75) is 13.8 Å². The summed E-state index contributed by atoms with van der Waals surface area (Å²) in [5.41, 5.74) is 4.74. The number of carbonyl (C=O) groups excluding carboxylic acids is 2. The second-order valence-electron chi connectivity index (χ2n) is 7.04. The minimum atomic E-state index is -0.261. The summed E-state index contributed by atoms with van der Waals surface area (Å²) in [6.07, 6.45) is 0. The van der Waals surface area contributed by atoms with Crippen LogP contribution >= 0.6 is 0 Å². The van der Waals surface area contributed by atoms with E-state index in [0.29, 0.717) is 48.6 Å². The van der Waals surface area contributed by atoms with E-state index in [-0.39, 0.29) is 11.8 Å². The maximum absolute atomic E-state index is 12.7. The van der Waals surface area contributed by atoms with E-state index in [1.165, 1.54) is 0 Å². The van der Waals surface area contributed by atoms with Crippen LogP contribution in [0.15, 0.2) is 42.5 Å². The summed E-state index contributed by atoms with van der Waals surface area (Å²) >= 11 is 0. The number of aromatic nitrogens is 2. The lowest BCUT2D eigenvalue weighted by Crippen LogP contribution is -2.40. The molecule has 2 heterocycles. The van der Waals surface area contributed by atoms with Crippen LogP contribution in [0.25, 0.3) is 11.0 Å². The average Bonchev–Trinajstić information content (AvgIpc) is 2.74. The molecule has 2 aromatic carbocycles. The minimum absolute atomic E-state index is 0.0591. The van der Waals surface area contributed by atoms with Crippen molar-refractivity contribution in [1.82, 2.24) is 14.9 Å². The predicted octanol–water partition coefficient (Wildman–Crippen LogP) is 2.97. The number of morpholine rings is 1. The lowest BCUT2D eigenvalue weighted by Gasteiger charge is -2.27. The number of ether oxygens (including phenoxy) is 1.